The van der Waals surface area contributed by atoms with Crippen molar-refractivity contribution in [2.45, 2.75) is 26.8 Å². The molecule has 3 heterocycles. The van der Waals surface area contributed by atoms with Crippen molar-refractivity contribution in [3.63, 3.8) is 0 Å². The molecule has 112 valence electrons. The van der Waals surface area contributed by atoms with Gasteiger partial charge in [0.15, 0.2) is 11.6 Å². The first kappa shape index (κ1) is 14.7. The summed E-state index contributed by atoms with van der Waals surface area (Å²) in [5, 5.41) is 0.177. The molecule has 1 fully saturated rings. The van der Waals surface area contributed by atoms with Crippen LogP contribution in [0.1, 0.15) is 29.1 Å². The first-order chi connectivity index (χ1) is 9.99. The second kappa shape index (κ2) is 5.51. The van der Waals surface area contributed by atoms with Gasteiger partial charge in [-0.25, -0.2) is 4.98 Å². The fraction of sp³-hybridized carbons (Fsp3) is 0.500. The Morgan fingerprint density at radius 2 is 2.24 bits per heavy atom. The number of halogens is 1. The lowest BCUT2D eigenvalue weighted by Crippen LogP contribution is -2.44. The second-order valence-electron chi connectivity index (χ2n) is 5.20. The number of morpholine rings is 1. The number of Topliss-reactive ketones (excluding diaryl/α,β-unsaturated/α-hetero) is 1. The summed E-state index contributed by atoms with van der Waals surface area (Å²) in [5.41, 5.74) is 1.32. The van der Waals surface area contributed by atoms with Gasteiger partial charge in [0.05, 0.1) is 35.0 Å². The van der Waals surface area contributed by atoms with Crippen molar-refractivity contribution in [2.75, 3.05) is 24.7 Å². The Morgan fingerprint density at radius 3 is 2.90 bits per heavy atom. The maximum absolute atomic E-state index is 11.9. The smallest absolute Gasteiger partial charge is 0.224 e. The van der Waals surface area contributed by atoms with E-state index < -0.39 is 0 Å². The molecule has 2 aromatic heterocycles. The lowest BCUT2D eigenvalue weighted by atomic mass is 10.1. The number of fused-ring (bicyclic) bond motifs is 1. The van der Waals surface area contributed by atoms with Crippen molar-refractivity contribution in [2.24, 2.45) is 0 Å². The SMILES string of the molecule is CC(=O)c1c(C)sc2c(N3CCOC[C@H]3C)nc(Cl)nc12. The van der Waals surface area contributed by atoms with E-state index in [0.29, 0.717) is 24.3 Å². The molecule has 1 atom stereocenters. The largest absolute Gasteiger partial charge is 0.377 e. The number of carbonyl (C=O) groups is 1. The van der Waals surface area contributed by atoms with Crippen molar-refractivity contribution in [1.29, 1.82) is 0 Å². The molecule has 0 bridgehead atoms. The minimum Gasteiger partial charge on any atom is -0.377 e. The molecule has 1 aliphatic heterocycles. The average Bonchev–Trinajstić information content (AvgIpc) is 2.74. The molecule has 0 aromatic carbocycles. The number of carbonyl (C=O) groups excluding carboxylic acids is 1. The number of ketones is 1. The van der Waals surface area contributed by atoms with E-state index in [0.717, 1.165) is 21.9 Å². The predicted octanol–water partition coefficient (Wildman–Crippen LogP) is 3.08. The van der Waals surface area contributed by atoms with Gasteiger partial charge in [-0.05, 0) is 32.4 Å². The molecule has 0 spiro atoms. The van der Waals surface area contributed by atoms with Crippen LogP contribution in [0.2, 0.25) is 5.28 Å². The van der Waals surface area contributed by atoms with Crippen molar-refractivity contribution in [3.8, 4) is 0 Å². The molecule has 1 aliphatic rings. The number of aromatic nitrogens is 2. The molecule has 1 saturated heterocycles. The van der Waals surface area contributed by atoms with Gasteiger partial charge in [0.25, 0.3) is 0 Å². The highest BCUT2D eigenvalue weighted by Crippen LogP contribution is 2.37. The Morgan fingerprint density at radius 1 is 1.48 bits per heavy atom. The van der Waals surface area contributed by atoms with Crippen molar-refractivity contribution < 1.29 is 9.53 Å². The Kier molecular flexibility index (Phi) is 3.86. The molecule has 2 aromatic rings. The number of thiophene rings is 1. The Balaban J connectivity index is 2.23. The molecule has 21 heavy (non-hydrogen) atoms. The third-order valence-corrected chi connectivity index (χ3v) is 4.92. The standard InChI is InChI=1S/C14H16ClN3O2S/c1-7-6-20-5-4-18(7)13-12-11(16-14(15)17-13)10(8(2)19)9(3)21-12/h7H,4-6H2,1-3H3/t7-/m1/s1. The van der Waals surface area contributed by atoms with Gasteiger partial charge >= 0.3 is 0 Å². The van der Waals surface area contributed by atoms with Crippen LogP contribution in [-0.2, 0) is 4.74 Å². The molecular weight excluding hydrogens is 310 g/mol. The van der Waals surface area contributed by atoms with Gasteiger partial charge in [-0.15, -0.1) is 11.3 Å². The quantitative estimate of drug-likeness (QED) is 0.627. The first-order valence-corrected chi connectivity index (χ1v) is 8.00. The summed E-state index contributed by atoms with van der Waals surface area (Å²) in [4.78, 5) is 23.7. The number of ether oxygens (including phenoxy) is 1. The van der Waals surface area contributed by atoms with Gasteiger partial charge in [-0.1, -0.05) is 0 Å². The summed E-state index contributed by atoms with van der Waals surface area (Å²) >= 11 is 7.64. The van der Waals surface area contributed by atoms with Gasteiger partial charge in [-0.2, -0.15) is 4.98 Å². The first-order valence-electron chi connectivity index (χ1n) is 6.81. The van der Waals surface area contributed by atoms with Crippen molar-refractivity contribution in [3.05, 3.63) is 15.7 Å². The van der Waals surface area contributed by atoms with Crippen LogP contribution in [0.25, 0.3) is 10.2 Å². The number of hydrogen-bond donors (Lipinski definition) is 0. The molecule has 0 radical (unpaired) electrons. The van der Waals surface area contributed by atoms with E-state index in [1.165, 1.54) is 0 Å². The topological polar surface area (TPSA) is 55.3 Å². The van der Waals surface area contributed by atoms with Crippen LogP contribution in [0, 0.1) is 6.92 Å². The van der Waals surface area contributed by atoms with E-state index >= 15 is 0 Å². The molecule has 0 N–H and O–H groups in total. The zero-order chi connectivity index (χ0) is 15.1. The zero-order valence-electron chi connectivity index (χ0n) is 12.1. The number of rotatable bonds is 2. The van der Waals surface area contributed by atoms with E-state index in [1.807, 2.05) is 6.92 Å². The van der Waals surface area contributed by atoms with Gasteiger partial charge in [-0.3, -0.25) is 4.79 Å². The summed E-state index contributed by atoms with van der Waals surface area (Å²) in [6, 6.07) is 0.219. The highest BCUT2D eigenvalue weighted by atomic mass is 35.5. The highest BCUT2D eigenvalue weighted by Gasteiger charge is 2.26. The van der Waals surface area contributed by atoms with Crippen LogP contribution in [0.4, 0.5) is 5.82 Å². The molecule has 0 unspecified atom stereocenters. The maximum atomic E-state index is 11.9. The fourth-order valence-electron chi connectivity index (χ4n) is 2.70. The summed E-state index contributed by atoms with van der Waals surface area (Å²) in [6.45, 7) is 7.67. The average molecular weight is 326 g/mol. The highest BCUT2D eigenvalue weighted by molar-refractivity contribution is 7.20. The minimum absolute atomic E-state index is 0.00879. The van der Waals surface area contributed by atoms with Crippen LogP contribution in [0.5, 0.6) is 0 Å². The number of hydrogen-bond acceptors (Lipinski definition) is 6. The van der Waals surface area contributed by atoms with E-state index in [2.05, 4.69) is 21.8 Å². The Labute approximate surface area is 131 Å². The van der Waals surface area contributed by atoms with Gasteiger partial charge in [0.2, 0.25) is 5.28 Å². The van der Waals surface area contributed by atoms with Crippen LogP contribution in [-0.4, -0.2) is 41.6 Å². The third kappa shape index (κ3) is 2.52. The van der Waals surface area contributed by atoms with Crippen LogP contribution >= 0.6 is 22.9 Å². The Bertz CT molecular complexity index is 716. The summed E-state index contributed by atoms with van der Waals surface area (Å²) in [6.07, 6.45) is 0. The number of aryl methyl sites for hydroxylation is 1. The van der Waals surface area contributed by atoms with Gasteiger partial charge in [0.1, 0.15) is 0 Å². The monoisotopic (exact) mass is 325 g/mol. The zero-order valence-corrected chi connectivity index (χ0v) is 13.7. The molecule has 7 heteroatoms. The normalized spacial score (nSPS) is 19.2. The van der Waals surface area contributed by atoms with Crippen LogP contribution in [0.15, 0.2) is 0 Å². The van der Waals surface area contributed by atoms with Crippen molar-refractivity contribution >= 4 is 44.8 Å². The van der Waals surface area contributed by atoms with Crippen LogP contribution < -0.4 is 4.90 Å². The van der Waals surface area contributed by atoms with Gasteiger partial charge in [0, 0.05) is 11.4 Å². The van der Waals surface area contributed by atoms with E-state index in [9.17, 15) is 4.79 Å². The third-order valence-electron chi connectivity index (χ3n) is 3.66. The number of nitrogens with zero attached hydrogens (tertiary/aromatic N) is 3. The summed E-state index contributed by atoms with van der Waals surface area (Å²) in [7, 11) is 0. The van der Waals surface area contributed by atoms with Crippen LogP contribution in [0.3, 0.4) is 0 Å². The molecule has 0 aliphatic carbocycles. The summed E-state index contributed by atoms with van der Waals surface area (Å²) in [5.74, 6) is 0.816. The maximum Gasteiger partial charge on any atom is 0.224 e. The molecule has 5 nitrogen and oxygen atoms in total. The molecule has 3 rings (SSSR count). The molecular formula is C14H16ClN3O2S. The predicted molar refractivity (Wildman–Crippen MR) is 84.8 cm³/mol. The number of anilines is 1. The minimum atomic E-state index is 0.00879. The summed E-state index contributed by atoms with van der Waals surface area (Å²) < 4.78 is 6.40. The second-order valence-corrected chi connectivity index (χ2v) is 6.76. The molecule has 0 saturated carbocycles. The van der Waals surface area contributed by atoms with E-state index in [4.69, 9.17) is 16.3 Å². The van der Waals surface area contributed by atoms with E-state index in [1.54, 1.807) is 18.3 Å². The fourth-order valence-corrected chi connectivity index (χ4v) is 4.01. The lowest BCUT2D eigenvalue weighted by molar-refractivity contribution is 0.0986. The van der Waals surface area contributed by atoms with Crippen molar-refractivity contribution in [1.82, 2.24) is 9.97 Å². The van der Waals surface area contributed by atoms with Gasteiger partial charge < -0.3 is 9.64 Å². The lowest BCUT2D eigenvalue weighted by Gasteiger charge is -2.34. The molecule has 0 amide bonds. The Hall–Kier alpha value is -1.24. The van der Waals surface area contributed by atoms with E-state index in [-0.39, 0.29) is 17.1 Å².